The molecule has 0 bridgehead atoms. The summed E-state index contributed by atoms with van der Waals surface area (Å²) in [4.78, 5) is 26.1. The zero-order chi connectivity index (χ0) is 22.4. The van der Waals surface area contributed by atoms with E-state index in [0.29, 0.717) is 0 Å². The predicted molar refractivity (Wildman–Crippen MR) is 112 cm³/mol. The van der Waals surface area contributed by atoms with Gasteiger partial charge in [0.15, 0.2) is 0 Å². The summed E-state index contributed by atoms with van der Waals surface area (Å²) in [5.74, 6) is 4.50. The number of rotatable bonds is 5. The Balaban J connectivity index is 1.44. The van der Waals surface area contributed by atoms with Gasteiger partial charge in [0.1, 0.15) is 12.4 Å². The van der Waals surface area contributed by atoms with Gasteiger partial charge in [0, 0.05) is 23.1 Å². The van der Waals surface area contributed by atoms with Gasteiger partial charge in [-0.25, -0.2) is 0 Å². The van der Waals surface area contributed by atoms with Crippen LogP contribution in [0.25, 0.3) is 0 Å². The van der Waals surface area contributed by atoms with Gasteiger partial charge in [-0.1, -0.05) is 39.9 Å². The van der Waals surface area contributed by atoms with E-state index in [2.05, 4.69) is 33.1 Å². The lowest BCUT2D eigenvalue weighted by atomic mass is 10.1. The van der Waals surface area contributed by atoms with E-state index < -0.39 is 17.7 Å². The van der Waals surface area contributed by atoms with Crippen molar-refractivity contribution >= 4 is 33.4 Å². The van der Waals surface area contributed by atoms with Gasteiger partial charge < -0.3 is 15.0 Å². The molecule has 1 N–H and O–H groups in total. The maximum absolute atomic E-state index is 12.7. The number of hydrogen-bond donors (Lipinski definition) is 1. The first-order valence-corrected chi connectivity index (χ1v) is 10.1. The molecule has 1 aliphatic heterocycles. The lowest BCUT2D eigenvalue weighted by Crippen LogP contribution is -2.33. The number of amides is 2. The summed E-state index contributed by atoms with van der Waals surface area (Å²) in [6, 6.07) is 11.8. The van der Waals surface area contributed by atoms with Crippen LogP contribution >= 0.6 is 15.9 Å². The molecule has 5 nitrogen and oxygen atoms in total. The zero-order valence-electron chi connectivity index (χ0n) is 16.2. The summed E-state index contributed by atoms with van der Waals surface area (Å²) in [6.45, 7) is 0.218. The number of alkyl halides is 3. The number of carbonyl (C=O) groups excluding carboxylic acids is 2. The molecule has 1 atom stereocenters. The minimum Gasteiger partial charge on any atom is -0.481 e. The number of nitrogens with one attached hydrogen (secondary N) is 1. The molecule has 2 amide bonds. The Morgan fingerprint density at radius 2 is 1.97 bits per heavy atom. The first kappa shape index (κ1) is 22.7. The molecule has 1 aliphatic rings. The van der Waals surface area contributed by atoms with Crippen molar-refractivity contribution in [2.24, 2.45) is 5.92 Å². The molecule has 0 aromatic heterocycles. The largest absolute Gasteiger partial charge is 0.481 e. The van der Waals surface area contributed by atoms with Gasteiger partial charge in [-0.3, -0.25) is 9.59 Å². The molecule has 0 spiro atoms. The van der Waals surface area contributed by atoms with Crippen molar-refractivity contribution in [2.75, 3.05) is 24.6 Å². The highest BCUT2D eigenvalue weighted by atomic mass is 79.9. The van der Waals surface area contributed by atoms with Crippen molar-refractivity contribution in [1.29, 1.82) is 0 Å². The van der Waals surface area contributed by atoms with Gasteiger partial charge in [-0.05, 0) is 36.4 Å². The van der Waals surface area contributed by atoms with E-state index in [1.807, 2.05) is 18.2 Å². The van der Waals surface area contributed by atoms with Gasteiger partial charge in [-0.15, -0.1) is 0 Å². The second-order valence-corrected chi connectivity index (χ2v) is 7.69. The van der Waals surface area contributed by atoms with Gasteiger partial charge in [0.25, 0.3) is 0 Å². The standard InChI is InChI=1S/C22H18BrF3N2O3/c23-17-6-4-7-18(13-17)28-14-15(11-20(28)29)21(30)27-9-1-2-10-31-19-8-3-5-16(12-19)22(24,25)26/h3-8,12-13,15H,9-11,14H2,(H,27,30). The number of anilines is 1. The fraction of sp³-hybridized carbons (Fsp3) is 0.273. The zero-order valence-corrected chi connectivity index (χ0v) is 17.8. The van der Waals surface area contributed by atoms with Crippen molar-refractivity contribution in [2.45, 2.75) is 12.6 Å². The summed E-state index contributed by atoms with van der Waals surface area (Å²) in [6.07, 6.45) is -4.33. The molecule has 9 heteroatoms. The molecule has 0 aliphatic carbocycles. The molecule has 1 heterocycles. The number of ether oxygens (including phenoxy) is 1. The quantitative estimate of drug-likeness (QED) is 0.638. The summed E-state index contributed by atoms with van der Waals surface area (Å²) in [7, 11) is 0. The minimum absolute atomic E-state index is 0.0480. The number of carbonyl (C=O) groups is 2. The molecule has 2 aromatic carbocycles. The highest BCUT2D eigenvalue weighted by Crippen LogP contribution is 2.31. The Hall–Kier alpha value is -2.99. The van der Waals surface area contributed by atoms with Crippen LogP contribution in [0.5, 0.6) is 5.75 Å². The fourth-order valence-corrected chi connectivity index (χ4v) is 3.43. The van der Waals surface area contributed by atoms with Crippen LogP contribution < -0.4 is 15.0 Å². The topological polar surface area (TPSA) is 58.6 Å². The molecule has 1 unspecified atom stereocenters. The molecule has 2 aromatic rings. The summed E-state index contributed by atoms with van der Waals surface area (Å²) in [5.41, 5.74) is -0.0746. The van der Waals surface area contributed by atoms with Gasteiger partial charge in [-0.2, -0.15) is 13.2 Å². The molecule has 162 valence electrons. The third-order valence-electron chi connectivity index (χ3n) is 4.56. The normalized spacial score (nSPS) is 15.9. The van der Waals surface area contributed by atoms with Crippen LogP contribution in [0.1, 0.15) is 12.0 Å². The Morgan fingerprint density at radius 1 is 1.19 bits per heavy atom. The SMILES string of the molecule is O=C(NCC#CCOc1cccc(C(F)(F)F)c1)C1CC(=O)N(c2cccc(Br)c2)C1. The minimum atomic E-state index is -4.44. The van der Waals surface area contributed by atoms with E-state index in [4.69, 9.17) is 4.74 Å². The third-order valence-corrected chi connectivity index (χ3v) is 5.06. The fourth-order valence-electron chi connectivity index (χ4n) is 3.05. The number of benzene rings is 2. The van der Waals surface area contributed by atoms with E-state index in [1.54, 1.807) is 11.0 Å². The van der Waals surface area contributed by atoms with Crippen molar-refractivity contribution in [1.82, 2.24) is 5.32 Å². The van der Waals surface area contributed by atoms with E-state index in [-0.39, 0.29) is 43.7 Å². The summed E-state index contributed by atoms with van der Waals surface area (Å²) in [5, 5.41) is 2.65. The highest BCUT2D eigenvalue weighted by molar-refractivity contribution is 9.10. The smallest absolute Gasteiger partial charge is 0.416 e. The molecule has 31 heavy (non-hydrogen) atoms. The van der Waals surface area contributed by atoms with Crippen LogP contribution in [0.3, 0.4) is 0 Å². The van der Waals surface area contributed by atoms with Crippen LogP contribution in [0.15, 0.2) is 53.0 Å². The lowest BCUT2D eigenvalue weighted by Gasteiger charge is -2.16. The Kier molecular flexibility index (Phi) is 7.23. The van der Waals surface area contributed by atoms with Crippen LogP contribution in [-0.2, 0) is 15.8 Å². The van der Waals surface area contributed by atoms with Gasteiger partial charge in [0.05, 0.1) is 18.0 Å². The van der Waals surface area contributed by atoms with E-state index >= 15 is 0 Å². The number of hydrogen-bond acceptors (Lipinski definition) is 3. The maximum Gasteiger partial charge on any atom is 0.416 e. The third kappa shape index (κ3) is 6.25. The number of nitrogens with zero attached hydrogens (tertiary/aromatic N) is 1. The first-order valence-electron chi connectivity index (χ1n) is 9.33. The number of halogens is 4. The second kappa shape index (κ2) is 9.88. The molecule has 1 fully saturated rings. The van der Waals surface area contributed by atoms with Crippen molar-refractivity contribution in [3.05, 3.63) is 58.6 Å². The Bertz CT molecular complexity index is 1030. The van der Waals surface area contributed by atoms with Crippen molar-refractivity contribution in [3.63, 3.8) is 0 Å². The Morgan fingerprint density at radius 3 is 2.71 bits per heavy atom. The molecular formula is C22H18BrF3N2O3. The average Bonchev–Trinajstić information content (AvgIpc) is 3.12. The Labute approximate surface area is 185 Å². The predicted octanol–water partition coefficient (Wildman–Crippen LogP) is 4.02. The van der Waals surface area contributed by atoms with Crippen molar-refractivity contribution < 1.29 is 27.5 Å². The van der Waals surface area contributed by atoms with Crippen molar-refractivity contribution in [3.8, 4) is 17.6 Å². The summed E-state index contributed by atoms with van der Waals surface area (Å²) >= 11 is 3.36. The van der Waals surface area contributed by atoms with Gasteiger partial charge in [0.2, 0.25) is 11.8 Å². The average molecular weight is 495 g/mol. The lowest BCUT2D eigenvalue weighted by molar-refractivity contribution is -0.137. The molecular weight excluding hydrogens is 477 g/mol. The molecule has 0 radical (unpaired) electrons. The summed E-state index contributed by atoms with van der Waals surface area (Å²) < 4.78 is 44.1. The maximum atomic E-state index is 12.7. The van der Waals surface area contributed by atoms with Crippen LogP contribution in [0.4, 0.5) is 18.9 Å². The van der Waals surface area contributed by atoms with Crippen LogP contribution in [0.2, 0.25) is 0 Å². The first-order chi connectivity index (χ1) is 14.7. The monoisotopic (exact) mass is 494 g/mol. The molecule has 1 saturated heterocycles. The van der Waals surface area contributed by atoms with Crippen LogP contribution in [0, 0.1) is 17.8 Å². The van der Waals surface area contributed by atoms with E-state index in [1.165, 1.54) is 12.1 Å². The highest BCUT2D eigenvalue weighted by Gasteiger charge is 2.35. The molecule has 0 saturated carbocycles. The van der Waals surface area contributed by atoms with E-state index in [9.17, 15) is 22.8 Å². The van der Waals surface area contributed by atoms with Gasteiger partial charge >= 0.3 is 6.18 Å². The second-order valence-electron chi connectivity index (χ2n) is 6.77. The van der Waals surface area contributed by atoms with E-state index in [0.717, 1.165) is 22.3 Å². The molecule has 3 rings (SSSR count). The van der Waals surface area contributed by atoms with Crippen LogP contribution in [-0.4, -0.2) is 31.5 Å².